The molecule has 8 rings (SSSR count). The Bertz CT molecular complexity index is 1570. The van der Waals surface area contributed by atoms with Crippen LogP contribution >= 0.6 is 0 Å². The molecule has 2 aliphatic heterocycles. The molecule has 1 aromatic carbocycles. The van der Waals surface area contributed by atoms with Gasteiger partial charge in [0, 0.05) is 62.2 Å². The van der Waals surface area contributed by atoms with E-state index >= 15 is 0 Å². The van der Waals surface area contributed by atoms with Crippen molar-refractivity contribution < 1.29 is 48.7 Å². The van der Waals surface area contributed by atoms with Crippen LogP contribution in [0.1, 0.15) is 56.3 Å². The van der Waals surface area contributed by atoms with Gasteiger partial charge in [0.1, 0.15) is 17.0 Å². The first-order valence-electron chi connectivity index (χ1n) is 17.0. The number of benzene rings is 1. The third kappa shape index (κ3) is 3.49. The highest BCUT2D eigenvalue weighted by Crippen LogP contribution is 2.79. The highest BCUT2D eigenvalue weighted by atomic mass is 16.5. The number of Topliss-reactive ketones (excluding diaryl/α,β-unsaturated/α-hetero) is 1. The second kappa shape index (κ2) is 10.1. The molecule has 254 valence electrons. The molecule has 0 aromatic heterocycles. The van der Waals surface area contributed by atoms with Crippen LogP contribution < -0.4 is 4.90 Å². The van der Waals surface area contributed by atoms with Crippen LogP contribution in [0.3, 0.4) is 0 Å². The van der Waals surface area contributed by atoms with E-state index < -0.39 is 81.9 Å². The molecule has 5 saturated carbocycles. The number of hydrogen-bond donors (Lipinski definition) is 3. The lowest BCUT2D eigenvalue weighted by Crippen LogP contribution is -2.81. The van der Waals surface area contributed by atoms with Crippen molar-refractivity contribution in [2.75, 3.05) is 38.8 Å². The van der Waals surface area contributed by atoms with Gasteiger partial charge in [-0.05, 0) is 43.9 Å². The second-order valence-electron chi connectivity index (χ2n) is 15.3. The Morgan fingerprint density at radius 1 is 1.11 bits per heavy atom. The topological polar surface area (TPSA) is 163 Å². The maximum Gasteiger partial charge on any atom is 0.340 e. The number of nitrogens with zero attached hydrogens (tertiary/aromatic N) is 2. The highest BCUT2D eigenvalue weighted by Gasteiger charge is 2.91. The summed E-state index contributed by atoms with van der Waals surface area (Å²) in [5.41, 5.74) is -5.30. The molecule has 7 aliphatic rings. The number of likely N-dealkylation sites (N-methyl/N-ethyl adjacent to an activating group) is 1. The van der Waals surface area contributed by atoms with E-state index in [1.54, 1.807) is 25.1 Å². The molecule has 5 aliphatic carbocycles. The van der Waals surface area contributed by atoms with Gasteiger partial charge in [-0.25, -0.2) is 9.69 Å². The number of rotatable bonds is 7. The van der Waals surface area contributed by atoms with E-state index in [-0.39, 0.29) is 48.3 Å². The molecule has 7 bridgehead atoms. The number of methoxy groups -OCH3 is 2. The Labute approximate surface area is 273 Å². The number of piperidine rings is 1. The van der Waals surface area contributed by atoms with Crippen molar-refractivity contribution >= 4 is 29.3 Å². The smallest absolute Gasteiger partial charge is 0.340 e. The van der Waals surface area contributed by atoms with Gasteiger partial charge in [-0.2, -0.15) is 0 Å². The molecule has 47 heavy (non-hydrogen) atoms. The van der Waals surface area contributed by atoms with Gasteiger partial charge >= 0.3 is 5.97 Å². The summed E-state index contributed by atoms with van der Waals surface area (Å²) < 4.78 is 18.1. The number of para-hydroxylation sites is 1. The van der Waals surface area contributed by atoms with E-state index in [1.807, 2.05) is 6.92 Å². The van der Waals surface area contributed by atoms with Gasteiger partial charge in [-0.1, -0.05) is 26.0 Å². The Morgan fingerprint density at radius 2 is 1.85 bits per heavy atom. The molecule has 2 heterocycles. The lowest BCUT2D eigenvalue weighted by atomic mass is 9.43. The minimum absolute atomic E-state index is 0.0652. The molecule has 2 saturated heterocycles. The van der Waals surface area contributed by atoms with Crippen LogP contribution in [-0.2, 0) is 28.6 Å². The van der Waals surface area contributed by atoms with Crippen molar-refractivity contribution in [1.82, 2.24) is 4.90 Å². The van der Waals surface area contributed by atoms with E-state index in [0.29, 0.717) is 32.4 Å². The maximum atomic E-state index is 14.0. The van der Waals surface area contributed by atoms with Crippen molar-refractivity contribution in [3.63, 3.8) is 0 Å². The monoisotopic (exact) mass is 652 g/mol. The van der Waals surface area contributed by atoms with Crippen molar-refractivity contribution in [2.24, 2.45) is 40.4 Å². The Hall–Kier alpha value is -2.74. The summed E-state index contributed by atoms with van der Waals surface area (Å²) in [4.78, 5) is 56.8. The zero-order chi connectivity index (χ0) is 33.4. The fourth-order valence-corrected chi connectivity index (χ4v) is 12.3. The molecular weight excluding hydrogens is 608 g/mol. The quantitative estimate of drug-likeness (QED) is 0.284. The number of esters is 1. The molecule has 7 fully saturated rings. The fraction of sp³-hybridized carbons (Fsp3) is 0.714. The van der Waals surface area contributed by atoms with Crippen molar-refractivity contribution in [3.05, 3.63) is 29.8 Å². The maximum absolute atomic E-state index is 14.0. The largest absolute Gasteiger partial charge is 0.461 e. The second-order valence-corrected chi connectivity index (χ2v) is 15.3. The zero-order valence-electron chi connectivity index (χ0n) is 27.3. The SMILES string of the molecule is CCN1C[C@]2(COC(=O)c3ccccc3N3C(=O)C[C@H](C)C3=O)CC[C@H](O)[C@@]34[C@@H]5C[C@H]6C(=O)[C@@H]5[C@](O)(C[C@@H]6OC)[C@](O)([C@@H](OC)[C@H]23)[C@@H]14. The zero-order valence-corrected chi connectivity index (χ0v) is 27.3. The standard InChI is InChI=1S/C35H44N2O10/c1-5-36-15-32(16-47-30(42)18-8-6-7-9-21(18)37-24(39)12-17(2)29(37)41)11-10-23(38)34-20-13-19-22(45-3)14-33(43,25(20)26(19)40)35(44,31(34)36)28(46-4)27(32)34/h6-9,17,19-20,22-23,25,27-28,31,38,43-44H,5,10-16H2,1-4H3/t17-,19+,20+,22-,23-,25+,27+,28-,31-,32-,33+,34-,35-/m0/s1. The van der Waals surface area contributed by atoms with E-state index in [0.717, 1.165) is 4.90 Å². The number of likely N-dealkylation sites (tertiary alicyclic amines) is 1. The number of carbonyl (C=O) groups is 4. The number of aliphatic hydroxyl groups excluding tert-OH is 1. The molecule has 1 spiro atoms. The van der Waals surface area contributed by atoms with E-state index in [9.17, 15) is 34.5 Å². The predicted molar refractivity (Wildman–Crippen MR) is 164 cm³/mol. The minimum Gasteiger partial charge on any atom is -0.461 e. The molecule has 0 unspecified atom stereocenters. The number of fused-ring (bicyclic) bond motifs is 2. The first-order valence-corrected chi connectivity index (χ1v) is 17.0. The van der Waals surface area contributed by atoms with Crippen LogP contribution in [0.4, 0.5) is 5.69 Å². The van der Waals surface area contributed by atoms with Gasteiger partial charge in [-0.15, -0.1) is 0 Å². The number of hydrogen-bond acceptors (Lipinski definition) is 11. The third-order valence-electron chi connectivity index (χ3n) is 13.8. The molecule has 2 amide bonds. The number of aliphatic hydroxyl groups is 3. The molecule has 1 aromatic rings. The number of amides is 2. The average molecular weight is 653 g/mol. The molecule has 12 nitrogen and oxygen atoms in total. The molecule has 13 atom stereocenters. The van der Waals surface area contributed by atoms with Crippen LogP contribution in [0.15, 0.2) is 24.3 Å². The van der Waals surface area contributed by atoms with Crippen molar-refractivity contribution in [3.8, 4) is 0 Å². The lowest BCUT2D eigenvalue weighted by Gasteiger charge is -2.69. The molecule has 3 N–H and O–H groups in total. The summed E-state index contributed by atoms with van der Waals surface area (Å²) in [5, 5.41) is 38.0. The van der Waals surface area contributed by atoms with Crippen LogP contribution in [0.2, 0.25) is 0 Å². The molecular formula is C35H44N2O10. The van der Waals surface area contributed by atoms with Crippen LogP contribution in [0, 0.1) is 40.4 Å². The van der Waals surface area contributed by atoms with Gasteiger partial charge in [0.05, 0.1) is 48.1 Å². The number of anilines is 1. The first kappa shape index (κ1) is 31.5. The van der Waals surface area contributed by atoms with E-state index in [1.165, 1.54) is 20.3 Å². The van der Waals surface area contributed by atoms with Crippen LogP contribution in [0.5, 0.6) is 0 Å². The Balaban J connectivity index is 1.22. The molecule has 12 heteroatoms. The normalized spacial score (nSPS) is 47.9. The van der Waals surface area contributed by atoms with E-state index in [4.69, 9.17) is 14.2 Å². The number of ketones is 1. The minimum atomic E-state index is -1.91. The summed E-state index contributed by atoms with van der Waals surface area (Å²) in [6.07, 6.45) is -1.02. The highest BCUT2D eigenvalue weighted by molar-refractivity contribution is 6.22. The molecule has 0 radical (unpaired) electrons. The number of imide groups is 1. The van der Waals surface area contributed by atoms with Gasteiger partial charge < -0.3 is 29.5 Å². The predicted octanol–water partition coefficient (Wildman–Crippen LogP) is 0.935. The first-order chi connectivity index (χ1) is 22.4. The Morgan fingerprint density at radius 3 is 2.51 bits per heavy atom. The van der Waals surface area contributed by atoms with Gasteiger partial charge in [0.15, 0.2) is 0 Å². The summed E-state index contributed by atoms with van der Waals surface area (Å²) in [7, 11) is 3.02. The lowest BCUT2D eigenvalue weighted by molar-refractivity contribution is -0.298. The average Bonchev–Trinajstić information content (AvgIpc) is 3.55. The Kier molecular flexibility index (Phi) is 6.81. The van der Waals surface area contributed by atoms with Gasteiger partial charge in [0.25, 0.3) is 0 Å². The fourth-order valence-electron chi connectivity index (χ4n) is 12.3. The van der Waals surface area contributed by atoms with Crippen LogP contribution in [-0.4, -0.2) is 113 Å². The van der Waals surface area contributed by atoms with Gasteiger partial charge in [-0.3, -0.25) is 19.3 Å². The van der Waals surface area contributed by atoms with Crippen molar-refractivity contribution in [1.29, 1.82) is 0 Å². The summed E-state index contributed by atoms with van der Waals surface area (Å²) >= 11 is 0. The third-order valence-corrected chi connectivity index (χ3v) is 13.8. The number of ether oxygens (including phenoxy) is 3. The summed E-state index contributed by atoms with van der Waals surface area (Å²) in [6.45, 7) is 4.48. The number of carbonyl (C=O) groups excluding carboxylic acids is 4. The van der Waals surface area contributed by atoms with Crippen molar-refractivity contribution in [2.45, 2.75) is 81.5 Å². The summed E-state index contributed by atoms with van der Waals surface area (Å²) in [5.74, 6) is -4.35. The van der Waals surface area contributed by atoms with E-state index in [2.05, 4.69) is 4.90 Å². The van der Waals surface area contributed by atoms with Crippen LogP contribution in [0.25, 0.3) is 0 Å². The van der Waals surface area contributed by atoms with Gasteiger partial charge in [0.2, 0.25) is 11.8 Å². The summed E-state index contributed by atoms with van der Waals surface area (Å²) in [6, 6.07) is 5.72.